The van der Waals surface area contributed by atoms with Gasteiger partial charge in [-0.05, 0) is 30.7 Å². The van der Waals surface area contributed by atoms with Gasteiger partial charge in [-0.1, -0.05) is 23.7 Å². The summed E-state index contributed by atoms with van der Waals surface area (Å²) in [6.45, 7) is 2.76. The van der Waals surface area contributed by atoms with Crippen LogP contribution in [-0.2, 0) is 14.3 Å². The second kappa shape index (κ2) is 10.6. The maximum absolute atomic E-state index is 13.1. The van der Waals surface area contributed by atoms with E-state index in [1.807, 2.05) is 6.92 Å². The molecule has 33 heavy (non-hydrogen) atoms. The van der Waals surface area contributed by atoms with E-state index >= 15 is 0 Å². The smallest absolute Gasteiger partial charge is 0.295 e. The van der Waals surface area contributed by atoms with Gasteiger partial charge in [0.25, 0.3) is 11.7 Å². The van der Waals surface area contributed by atoms with Crippen molar-refractivity contribution < 1.29 is 33.6 Å². The van der Waals surface area contributed by atoms with E-state index in [4.69, 9.17) is 30.5 Å². The number of nitrogens with zero attached hydrogens (tertiary/aromatic N) is 1. The molecule has 0 radical (unpaired) electrons. The van der Waals surface area contributed by atoms with Crippen LogP contribution in [0, 0.1) is 0 Å². The van der Waals surface area contributed by atoms with E-state index in [2.05, 4.69) is 0 Å². The molecule has 0 spiro atoms. The summed E-state index contributed by atoms with van der Waals surface area (Å²) in [5, 5.41) is 11.6. The van der Waals surface area contributed by atoms with Crippen molar-refractivity contribution in [2.75, 3.05) is 41.1 Å². The van der Waals surface area contributed by atoms with Crippen molar-refractivity contribution in [1.29, 1.82) is 0 Å². The van der Waals surface area contributed by atoms with Gasteiger partial charge in [0.15, 0.2) is 0 Å². The van der Waals surface area contributed by atoms with Gasteiger partial charge in [0, 0.05) is 19.7 Å². The zero-order chi connectivity index (χ0) is 24.1. The fraction of sp³-hybridized carbons (Fsp3) is 0.333. The predicted molar refractivity (Wildman–Crippen MR) is 123 cm³/mol. The van der Waals surface area contributed by atoms with Crippen LogP contribution in [0.2, 0.25) is 5.02 Å². The Labute approximate surface area is 197 Å². The lowest BCUT2D eigenvalue weighted by atomic mass is 9.95. The molecule has 0 aliphatic carbocycles. The maximum Gasteiger partial charge on any atom is 0.295 e. The summed E-state index contributed by atoms with van der Waals surface area (Å²) in [6, 6.07) is 9.13. The number of hydrogen-bond donors (Lipinski definition) is 1. The lowest BCUT2D eigenvalue weighted by Crippen LogP contribution is -2.32. The first-order chi connectivity index (χ1) is 15.9. The van der Waals surface area contributed by atoms with E-state index in [0.29, 0.717) is 17.9 Å². The third-order valence-corrected chi connectivity index (χ3v) is 5.61. The fourth-order valence-electron chi connectivity index (χ4n) is 3.75. The number of amides is 1. The van der Waals surface area contributed by atoms with Crippen LogP contribution in [0.3, 0.4) is 0 Å². The first-order valence-electron chi connectivity index (χ1n) is 10.3. The molecule has 1 atom stereocenters. The second-order valence-corrected chi connectivity index (χ2v) is 7.58. The van der Waals surface area contributed by atoms with E-state index in [9.17, 15) is 14.7 Å². The van der Waals surface area contributed by atoms with Crippen LogP contribution in [0.15, 0.2) is 42.0 Å². The predicted octanol–water partition coefficient (Wildman–Crippen LogP) is 3.82. The average Bonchev–Trinajstić information content (AvgIpc) is 3.07. The molecule has 1 amide bonds. The van der Waals surface area contributed by atoms with E-state index in [-0.39, 0.29) is 46.6 Å². The highest BCUT2D eigenvalue weighted by molar-refractivity contribution is 6.46. The van der Waals surface area contributed by atoms with E-state index in [0.717, 1.165) is 0 Å². The van der Waals surface area contributed by atoms with Gasteiger partial charge in [0.2, 0.25) is 0 Å². The molecule has 0 bridgehead atoms. The third-order valence-electron chi connectivity index (χ3n) is 5.31. The van der Waals surface area contributed by atoms with Crippen LogP contribution in [0.25, 0.3) is 5.76 Å². The Morgan fingerprint density at radius 1 is 1.06 bits per heavy atom. The van der Waals surface area contributed by atoms with Gasteiger partial charge >= 0.3 is 0 Å². The number of rotatable bonds is 9. The Bertz CT molecular complexity index is 1070. The molecule has 1 heterocycles. The van der Waals surface area contributed by atoms with Crippen LogP contribution in [0.5, 0.6) is 17.2 Å². The summed E-state index contributed by atoms with van der Waals surface area (Å²) in [5.41, 5.74) is 0.748. The van der Waals surface area contributed by atoms with Crippen LogP contribution >= 0.6 is 11.6 Å². The van der Waals surface area contributed by atoms with Crippen molar-refractivity contribution in [3.05, 3.63) is 58.1 Å². The second-order valence-electron chi connectivity index (χ2n) is 7.17. The largest absolute Gasteiger partial charge is 0.507 e. The molecular weight excluding hydrogens is 450 g/mol. The van der Waals surface area contributed by atoms with Crippen LogP contribution in [0.4, 0.5) is 0 Å². The van der Waals surface area contributed by atoms with Gasteiger partial charge in [-0.25, -0.2) is 0 Å². The maximum atomic E-state index is 13.1. The zero-order valence-electron chi connectivity index (χ0n) is 18.9. The first-order valence-corrected chi connectivity index (χ1v) is 10.7. The number of ketones is 1. The molecule has 0 aromatic heterocycles. The van der Waals surface area contributed by atoms with E-state index in [1.54, 1.807) is 24.3 Å². The monoisotopic (exact) mass is 475 g/mol. The highest BCUT2D eigenvalue weighted by Crippen LogP contribution is 2.43. The molecule has 1 fully saturated rings. The molecule has 176 valence electrons. The average molecular weight is 476 g/mol. The molecule has 2 aromatic carbocycles. The minimum Gasteiger partial charge on any atom is -0.507 e. The lowest BCUT2D eigenvalue weighted by Gasteiger charge is -2.25. The number of hydrogen-bond acceptors (Lipinski definition) is 7. The van der Waals surface area contributed by atoms with Gasteiger partial charge in [-0.2, -0.15) is 0 Å². The third kappa shape index (κ3) is 4.77. The van der Waals surface area contributed by atoms with Crippen molar-refractivity contribution in [1.82, 2.24) is 4.90 Å². The molecule has 3 rings (SSSR count). The number of aliphatic hydroxyl groups is 1. The molecule has 2 aromatic rings. The molecule has 9 heteroatoms. The highest BCUT2D eigenvalue weighted by Gasteiger charge is 2.46. The molecule has 1 unspecified atom stereocenters. The molecular formula is C24H26ClNO7. The van der Waals surface area contributed by atoms with Gasteiger partial charge in [0.05, 0.1) is 49.6 Å². The van der Waals surface area contributed by atoms with E-state index < -0.39 is 17.7 Å². The number of carbonyl (C=O) groups excluding carboxylic acids is 2. The number of benzene rings is 2. The Morgan fingerprint density at radius 3 is 2.30 bits per heavy atom. The van der Waals surface area contributed by atoms with E-state index in [1.165, 1.54) is 38.4 Å². The fourth-order valence-corrected chi connectivity index (χ4v) is 3.98. The number of ether oxygens (including phenoxy) is 4. The standard InChI is InChI=1S/C24H26ClNO7/c1-5-33-15-8-6-14(7-9-15)21-20(23(28)24(29)26(21)10-11-30-2)22(27)16-12-19(32-4)17(25)13-18(16)31-3/h6-9,12-13,21,27H,5,10-11H2,1-4H3/b22-20+. The number of carbonyl (C=O) groups is 2. The normalized spacial score (nSPS) is 17.4. The Balaban J connectivity index is 2.21. The van der Waals surface area contributed by atoms with Crippen molar-refractivity contribution in [2.24, 2.45) is 0 Å². The van der Waals surface area contributed by atoms with Crippen LogP contribution in [-0.4, -0.2) is 62.8 Å². The Kier molecular flexibility index (Phi) is 7.84. The van der Waals surface area contributed by atoms with Crippen molar-refractivity contribution in [3.8, 4) is 17.2 Å². The minimum atomic E-state index is -0.831. The topological polar surface area (TPSA) is 94.5 Å². The lowest BCUT2D eigenvalue weighted by molar-refractivity contribution is -0.140. The SMILES string of the molecule is CCOc1ccc(C2/C(=C(\O)c3cc(OC)c(Cl)cc3OC)C(=O)C(=O)N2CCOC)cc1. The number of methoxy groups -OCH3 is 3. The molecule has 1 aliphatic rings. The van der Waals surface area contributed by atoms with Crippen molar-refractivity contribution in [2.45, 2.75) is 13.0 Å². The number of likely N-dealkylation sites (tertiary alicyclic amines) is 1. The Morgan fingerprint density at radius 2 is 1.73 bits per heavy atom. The summed E-state index contributed by atoms with van der Waals surface area (Å²) in [4.78, 5) is 27.4. The summed E-state index contributed by atoms with van der Waals surface area (Å²) >= 11 is 6.18. The number of aliphatic hydroxyl groups excluding tert-OH is 1. The van der Waals surface area contributed by atoms with Crippen LogP contribution in [0.1, 0.15) is 24.1 Å². The molecule has 1 N–H and O–H groups in total. The summed E-state index contributed by atoms with van der Waals surface area (Å²) in [6.07, 6.45) is 0. The molecule has 0 saturated carbocycles. The zero-order valence-corrected chi connectivity index (χ0v) is 19.6. The molecule has 1 aliphatic heterocycles. The quantitative estimate of drug-likeness (QED) is 0.334. The highest BCUT2D eigenvalue weighted by atomic mass is 35.5. The van der Waals surface area contributed by atoms with Crippen molar-refractivity contribution >= 4 is 29.1 Å². The van der Waals surface area contributed by atoms with Gasteiger partial charge in [0.1, 0.15) is 23.0 Å². The van der Waals surface area contributed by atoms with Gasteiger partial charge in [-0.3, -0.25) is 9.59 Å². The first kappa shape index (κ1) is 24.4. The van der Waals surface area contributed by atoms with Gasteiger partial charge in [-0.15, -0.1) is 0 Å². The number of Topliss-reactive ketones (excluding diaryl/α,β-unsaturated/α-hetero) is 1. The summed E-state index contributed by atoms with van der Waals surface area (Å²) in [5.74, 6) is -0.763. The summed E-state index contributed by atoms with van der Waals surface area (Å²) < 4.78 is 21.2. The molecule has 1 saturated heterocycles. The number of halogens is 1. The van der Waals surface area contributed by atoms with Gasteiger partial charge < -0.3 is 29.0 Å². The Hall–Kier alpha value is -3.23. The summed E-state index contributed by atoms with van der Waals surface area (Å²) in [7, 11) is 4.35. The minimum absolute atomic E-state index is 0.0667. The molecule has 8 nitrogen and oxygen atoms in total. The van der Waals surface area contributed by atoms with Crippen molar-refractivity contribution in [3.63, 3.8) is 0 Å². The van der Waals surface area contributed by atoms with Crippen LogP contribution < -0.4 is 14.2 Å².